The summed E-state index contributed by atoms with van der Waals surface area (Å²) in [6.07, 6.45) is 1.02. The van der Waals surface area contributed by atoms with E-state index in [0.29, 0.717) is 12.8 Å². The van der Waals surface area contributed by atoms with Crippen LogP contribution in [0.2, 0.25) is 0 Å². The second-order valence-corrected chi connectivity index (χ2v) is 7.64. The average Bonchev–Trinajstić information content (AvgIpc) is 2.81. The maximum Gasteiger partial charge on any atom is 0.228 e. The van der Waals surface area contributed by atoms with Gasteiger partial charge in [-0.15, -0.1) is 0 Å². The van der Waals surface area contributed by atoms with Gasteiger partial charge in [0.15, 0.2) is 0 Å². The molecule has 0 bridgehead atoms. The summed E-state index contributed by atoms with van der Waals surface area (Å²) in [5, 5.41) is 14.5. The molecule has 1 saturated carbocycles. The van der Waals surface area contributed by atoms with E-state index in [-0.39, 0.29) is 11.8 Å². The lowest BCUT2D eigenvalue weighted by Crippen LogP contribution is -2.49. The first kappa shape index (κ1) is 19.3. The number of anilines is 2. The highest BCUT2D eigenvalue weighted by molar-refractivity contribution is 5.94. The third-order valence-electron chi connectivity index (χ3n) is 6.26. The molecule has 25 heavy (non-hydrogen) atoms. The SMILES string of the molecule is CCN(CC)c1ccc(NC(=O)[C@H]2CC[C@](C)(C(=O)[O-])C2(C)C)cc1. The Morgan fingerprint density at radius 3 is 2.16 bits per heavy atom. The molecule has 1 fully saturated rings. The van der Waals surface area contributed by atoms with E-state index >= 15 is 0 Å². The van der Waals surface area contributed by atoms with Crippen molar-refractivity contribution in [3.8, 4) is 0 Å². The minimum Gasteiger partial charge on any atom is -0.550 e. The van der Waals surface area contributed by atoms with Gasteiger partial charge in [-0.25, -0.2) is 0 Å². The summed E-state index contributed by atoms with van der Waals surface area (Å²) in [4.78, 5) is 26.5. The Hall–Kier alpha value is -2.04. The lowest BCUT2D eigenvalue weighted by atomic mass is 9.65. The smallest absolute Gasteiger partial charge is 0.228 e. The zero-order valence-electron chi connectivity index (χ0n) is 15.9. The molecular formula is C20H29N2O3-. The van der Waals surface area contributed by atoms with Crippen LogP contribution in [-0.2, 0) is 9.59 Å². The van der Waals surface area contributed by atoms with Crippen LogP contribution in [0.5, 0.6) is 0 Å². The molecule has 0 radical (unpaired) electrons. The largest absolute Gasteiger partial charge is 0.550 e. The number of nitrogens with one attached hydrogen (secondary N) is 1. The fourth-order valence-electron chi connectivity index (χ4n) is 3.90. The minimum atomic E-state index is -1.07. The molecule has 1 aromatic rings. The number of hydrogen-bond donors (Lipinski definition) is 1. The van der Waals surface area contributed by atoms with Crippen molar-refractivity contribution in [2.45, 2.75) is 47.5 Å². The van der Waals surface area contributed by atoms with E-state index in [1.54, 1.807) is 6.92 Å². The standard InChI is InChI=1S/C20H30N2O3/c1-6-22(7-2)15-10-8-14(9-11-15)21-17(23)16-12-13-20(5,18(24)25)19(16,3)4/h8-11,16H,6-7,12-13H2,1-5H3,(H,21,23)(H,24,25)/p-1/t16-,20-/m1/s1. The van der Waals surface area contributed by atoms with Gasteiger partial charge in [0.05, 0.1) is 0 Å². The van der Waals surface area contributed by atoms with Crippen molar-refractivity contribution in [1.82, 2.24) is 0 Å². The van der Waals surface area contributed by atoms with Gasteiger partial charge in [-0.3, -0.25) is 4.79 Å². The van der Waals surface area contributed by atoms with E-state index in [0.717, 1.165) is 24.5 Å². The first-order valence-electron chi connectivity index (χ1n) is 9.04. The van der Waals surface area contributed by atoms with Gasteiger partial charge in [-0.05, 0) is 56.4 Å². The quantitative estimate of drug-likeness (QED) is 0.860. The summed E-state index contributed by atoms with van der Waals surface area (Å²) in [6, 6.07) is 7.78. The fourth-order valence-corrected chi connectivity index (χ4v) is 3.90. The number of carbonyl (C=O) groups excluding carboxylic acids is 2. The van der Waals surface area contributed by atoms with Crippen molar-refractivity contribution >= 4 is 23.3 Å². The van der Waals surface area contributed by atoms with Crippen molar-refractivity contribution in [1.29, 1.82) is 0 Å². The number of carboxylic acids is 1. The molecule has 5 nitrogen and oxygen atoms in total. The van der Waals surface area contributed by atoms with E-state index in [4.69, 9.17) is 0 Å². The predicted molar refractivity (Wildman–Crippen MR) is 98.3 cm³/mol. The van der Waals surface area contributed by atoms with E-state index in [2.05, 4.69) is 24.1 Å². The van der Waals surface area contributed by atoms with Crippen LogP contribution in [0, 0.1) is 16.7 Å². The molecule has 0 heterocycles. The average molecular weight is 345 g/mol. The lowest BCUT2D eigenvalue weighted by molar-refractivity contribution is -0.323. The van der Waals surface area contributed by atoms with Gasteiger partial charge in [-0.1, -0.05) is 20.8 Å². The molecule has 0 aromatic heterocycles. The Bertz CT molecular complexity index is 635. The zero-order valence-corrected chi connectivity index (χ0v) is 15.9. The van der Waals surface area contributed by atoms with Crippen LogP contribution in [0.15, 0.2) is 24.3 Å². The van der Waals surface area contributed by atoms with E-state index < -0.39 is 16.8 Å². The Morgan fingerprint density at radius 2 is 1.72 bits per heavy atom. The molecule has 1 aromatic carbocycles. The van der Waals surface area contributed by atoms with E-state index in [9.17, 15) is 14.7 Å². The molecule has 1 aliphatic rings. The third kappa shape index (κ3) is 3.37. The van der Waals surface area contributed by atoms with Crippen molar-refractivity contribution in [2.24, 2.45) is 16.7 Å². The molecular weight excluding hydrogens is 316 g/mol. The highest BCUT2D eigenvalue weighted by atomic mass is 16.4. The first-order chi connectivity index (χ1) is 11.7. The van der Waals surface area contributed by atoms with Crippen LogP contribution in [0.3, 0.4) is 0 Å². The highest BCUT2D eigenvalue weighted by Crippen LogP contribution is 2.55. The molecule has 5 heteroatoms. The molecule has 1 N–H and O–H groups in total. The monoisotopic (exact) mass is 345 g/mol. The number of amides is 1. The number of carboxylic acid groups (broad SMARTS) is 1. The van der Waals surface area contributed by atoms with Gasteiger partial charge >= 0.3 is 0 Å². The molecule has 1 aliphatic carbocycles. The molecule has 1 amide bonds. The van der Waals surface area contributed by atoms with Crippen LogP contribution < -0.4 is 15.3 Å². The van der Waals surface area contributed by atoms with E-state index in [1.165, 1.54) is 0 Å². The molecule has 0 spiro atoms. The Morgan fingerprint density at radius 1 is 1.16 bits per heavy atom. The Kier molecular flexibility index (Phi) is 5.45. The maximum absolute atomic E-state index is 12.7. The number of carbonyl (C=O) groups is 2. The second-order valence-electron chi connectivity index (χ2n) is 7.64. The highest BCUT2D eigenvalue weighted by Gasteiger charge is 2.54. The molecule has 0 saturated heterocycles. The second kappa shape index (κ2) is 7.06. The van der Waals surface area contributed by atoms with Crippen molar-refractivity contribution in [2.75, 3.05) is 23.3 Å². The zero-order chi connectivity index (χ0) is 18.8. The summed E-state index contributed by atoms with van der Waals surface area (Å²) in [5.74, 6) is -1.54. The van der Waals surface area contributed by atoms with Crippen LogP contribution in [-0.4, -0.2) is 25.0 Å². The lowest BCUT2D eigenvalue weighted by Gasteiger charge is -2.41. The number of hydrogen-bond acceptors (Lipinski definition) is 4. The summed E-state index contributed by atoms with van der Waals surface area (Å²) < 4.78 is 0. The summed E-state index contributed by atoms with van der Waals surface area (Å²) in [7, 11) is 0. The van der Waals surface area contributed by atoms with Gasteiger partial charge in [0.25, 0.3) is 0 Å². The number of benzene rings is 1. The number of nitrogens with zero attached hydrogens (tertiary/aromatic N) is 1. The Balaban J connectivity index is 2.11. The maximum atomic E-state index is 12.7. The van der Waals surface area contributed by atoms with Crippen LogP contribution in [0.1, 0.15) is 47.5 Å². The van der Waals surface area contributed by atoms with Crippen molar-refractivity contribution in [3.63, 3.8) is 0 Å². The predicted octanol–water partition coefficient (Wildman–Crippen LogP) is 2.66. The minimum absolute atomic E-state index is 0.120. The Labute approximate surface area is 150 Å². The van der Waals surface area contributed by atoms with Crippen LogP contribution >= 0.6 is 0 Å². The van der Waals surface area contributed by atoms with Gasteiger partial charge < -0.3 is 20.1 Å². The van der Waals surface area contributed by atoms with Crippen molar-refractivity contribution < 1.29 is 14.7 Å². The molecule has 0 unspecified atom stereocenters. The molecule has 2 atom stereocenters. The summed E-state index contributed by atoms with van der Waals surface area (Å²) >= 11 is 0. The van der Waals surface area contributed by atoms with Crippen LogP contribution in [0.25, 0.3) is 0 Å². The number of rotatable bonds is 6. The van der Waals surface area contributed by atoms with Gasteiger partial charge in [0, 0.05) is 41.8 Å². The van der Waals surface area contributed by atoms with Gasteiger partial charge in [0.2, 0.25) is 5.91 Å². The van der Waals surface area contributed by atoms with Gasteiger partial charge in [-0.2, -0.15) is 0 Å². The topological polar surface area (TPSA) is 72.5 Å². The van der Waals surface area contributed by atoms with E-state index in [1.807, 2.05) is 38.1 Å². The number of aliphatic carboxylic acids is 1. The fraction of sp³-hybridized carbons (Fsp3) is 0.600. The van der Waals surface area contributed by atoms with Gasteiger partial charge in [0.1, 0.15) is 0 Å². The summed E-state index contributed by atoms with van der Waals surface area (Å²) in [6.45, 7) is 11.5. The molecule has 2 rings (SSSR count). The van der Waals surface area contributed by atoms with Crippen LogP contribution in [0.4, 0.5) is 11.4 Å². The van der Waals surface area contributed by atoms with Crippen molar-refractivity contribution in [3.05, 3.63) is 24.3 Å². The molecule has 0 aliphatic heterocycles. The third-order valence-corrected chi connectivity index (χ3v) is 6.26. The molecule has 138 valence electrons. The normalized spacial score (nSPS) is 24.8. The summed E-state index contributed by atoms with van der Waals surface area (Å²) in [5.41, 5.74) is 0.214. The first-order valence-corrected chi connectivity index (χ1v) is 9.04.